The molecule has 0 amide bonds. The van der Waals surface area contributed by atoms with Gasteiger partial charge in [-0.3, -0.25) is 5.32 Å². The molecule has 1 saturated heterocycles. The molecule has 0 unspecified atom stereocenters. The molecule has 0 aliphatic carbocycles. The van der Waals surface area contributed by atoms with Gasteiger partial charge in [0, 0.05) is 6.04 Å². The third kappa shape index (κ3) is 5.06. The zero-order valence-electron chi connectivity index (χ0n) is 15.3. The molecule has 2 nitrogen and oxygen atoms in total. The van der Waals surface area contributed by atoms with Gasteiger partial charge in [-0.05, 0) is 37.7 Å². The van der Waals surface area contributed by atoms with Crippen molar-refractivity contribution in [3.63, 3.8) is 0 Å². The molecule has 1 fully saturated rings. The average Bonchev–Trinajstić information content (AvgIpc) is 2.87. The molecule has 2 heteroatoms. The molecule has 1 heterocycles. The Balaban J connectivity index is 2.09. The summed E-state index contributed by atoms with van der Waals surface area (Å²) in [6.07, 6.45) is 11.0. The van der Waals surface area contributed by atoms with Crippen LogP contribution in [0.15, 0.2) is 30.3 Å². The van der Waals surface area contributed by atoms with Crippen molar-refractivity contribution in [1.82, 2.24) is 5.32 Å². The lowest BCUT2D eigenvalue weighted by Gasteiger charge is -2.34. The lowest BCUT2D eigenvalue weighted by atomic mass is 9.82. The predicted octanol–water partition coefficient (Wildman–Crippen LogP) is 5.46. The van der Waals surface area contributed by atoms with Crippen LogP contribution in [0.5, 0.6) is 0 Å². The molecule has 23 heavy (non-hydrogen) atoms. The van der Waals surface area contributed by atoms with Crippen LogP contribution >= 0.6 is 0 Å². The van der Waals surface area contributed by atoms with E-state index in [1.165, 1.54) is 37.7 Å². The Morgan fingerprint density at radius 3 is 2.26 bits per heavy atom. The number of rotatable bonds is 10. The lowest BCUT2D eigenvalue weighted by molar-refractivity contribution is -0.0631. The maximum atomic E-state index is 6.65. The molecule has 0 spiro atoms. The van der Waals surface area contributed by atoms with Crippen LogP contribution in [-0.2, 0) is 11.2 Å². The van der Waals surface area contributed by atoms with Crippen molar-refractivity contribution in [3.05, 3.63) is 35.9 Å². The van der Waals surface area contributed by atoms with Crippen LogP contribution in [0.4, 0.5) is 0 Å². The van der Waals surface area contributed by atoms with Crippen LogP contribution in [0.3, 0.4) is 0 Å². The third-order valence-electron chi connectivity index (χ3n) is 5.10. The fourth-order valence-corrected chi connectivity index (χ4v) is 4.03. The molecule has 2 rings (SSSR count). The first-order chi connectivity index (χ1) is 11.2. The molecular formula is C21H35NO. The summed E-state index contributed by atoms with van der Waals surface area (Å²) in [5.74, 6) is 0. The van der Waals surface area contributed by atoms with Crippen LogP contribution in [0.2, 0.25) is 0 Å². The Kier molecular flexibility index (Phi) is 7.58. The molecule has 0 saturated carbocycles. The van der Waals surface area contributed by atoms with Gasteiger partial charge in [-0.1, -0.05) is 76.8 Å². The van der Waals surface area contributed by atoms with Gasteiger partial charge in [-0.25, -0.2) is 0 Å². The summed E-state index contributed by atoms with van der Waals surface area (Å²) < 4.78 is 6.65. The Morgan fingerprint density at radius 1 is 0.957 bits per heavy atom. The summed E-state index contributed by atoms with van der Waals surface area (Å²) in [7, 11) is 0. The van der Waals surface area contributed by atoms with E-state index >= 15 is 0 Å². The van der Waals surface area contributed by atoms with Gasteiger partial charge in [0.15, 0.2) is 0 Å². The normalized spacial score (nSPS) is 23.3. The van der Waals surface area contributed by atoms with E-state index in [4.69, 9.17) is 4.74 Å². The highest BCUT2D eigenvalue weighted by Gasteiger charge is 2.46. The number of unbranched alkanes of at least 4 members (excludes halogenated alkanes) is 2. The van der Waals surface area contributed by atoms with Gasteiger partial charge in [0.05, 0.1) is 5.60 Å². The molecule has 1 aromatic rings. The monoisotopic (exact) mass is 317 g/mol. The van der Waals surface area contributed by atoms with E-state index < -0.39 is 0 Å². The molecule has 0 bridgehead atoms. The summed E-state index contributed by atoms with van der Waals surface area (Å²) >= 11 is 0. The minimum absolute atomic E-state index is 0.0240. The summed E-state index contributed by atoms with van der Waals surface area (Å²) in [4.78, 5) is 0. The third-order valence-corrected chi connectivity index (χ3v) is 5.10. The quantitative estimate of drug-likeness (QED) is 0.578. The first-order valence-corrected chi connectivity index (χ1v) is 9.72. The highest BCUT2D eigenvalue weighted by atomic mass is 16.5. The van der Waals surface area contributed by atoms with Crippen molar-refractivity contribution < 1.29 is 4.74 Å². The SMILES string of the molecule is CCCCC[C@H]1N[C@@H](Cc2ccccc2)C(CCC)(CCC)O1. The zero-order valence-corrected chi connectivity index (χ0v) is 15.3. The minimum Gasteiger partial charge on any atom is -0.355 e. The summed E-state index contributed by atoms with van der Waals surface area (Å²) in [5.41, 5.74) is 1.44. The molecule has 2 atom stereocenters. The highest BCUT2D eigenvalue weighted by Crippen LogP contribution is 2.37. The van der Waals surface area contributed by atoms with E-state index in [9.17, 15) is 0 Å². The molecule has 1 aromatic carbocycles. The van der Waals surface area contributed by atoms with E-state index in [0.29, 0.717) is 6.04 Å². The maximum absolute atomic E-state index is 6.65. The largest absolute Gasteiger partial charge is 0.355 e. The molecular weight excluding hydrogens is 282 g/mol. The Labute approximate surface area is 143 Å². The van der Waals surface area contributed by atoms with Crippen molar-refractivity contribution in [2.45, 2.75) is 96.4 Å². The van der Waals surface area contributed by atoms with Gasteiger partial charge in [0.25, 0.3) is 0 Å². The van der Waals surface area contributed by atoms with E-state index in [0.717, 1.165) is 25.7 Å². The number of ether oxygens (including phenoxy) is 1. The molecule has 1 aliphatic rings. The summed E-state index contributed by atoms with van der Waals surface area (Å²) in [6.45, 7) is 6.83. The second-order valence-electron chi connectivity index (χ2n) is 7.08. The van der Waals surface area contributed by atoms with Crippen LogP contribution < -0.4 is 5.32 Å². The van der Waals surface area contributed by atoms with E-state index in [1.54, 1.807) is 0 Å². The molecule has 1 N–H and O–H groups in total. The first-order valence-electron chi connectivity index (χ1n) is 9.72. The maximum Gasteiger partial charge on any atom is 0.109 e. The van der Waals surface area contributed by atoms with Crippen molar-refractivity contribution >= 4 is 0 Å². The van der Waals surface area contributed by atoms with Gasteiger partial charge in [0.2, 0.25) is 0 Å². The van der Waals surface area contributed by atoms with Crippen LogP contribution in [-0.4, -0.2) is 17.9 Å². The second kappa shape index (κ2) is 9.44. The van der Waals surface area contributed by atoms with Gasteiger partial charge < -0.3 is 4.74 Å². The van der Waals surface area contributed by atoms with Crippen LogP contribution in [0.1, 0.15) is 77.7 Å². The number of benzene rings is 1. The van der Waals surface area contributed by atoms with E-state index in [-0.39, 0.29) is 11.8 Å². The van der Waals surface area contributed by atoms with E-state index in [1.807, 2.05) is 0 Å². The molecule has 1 aliphatic heterocycles. The fourth-order valence-electron chi connectivity index (χ4n) is 4.03. The predicted molar refractivity (Wildman–Crippen MR) is 98.6 cm³/mol. The smallest absolute Gasteiger partial charge is 0.109 e. The second-order valence-corrected chi connectivity index (χ2v) is 7.08. The standard InChI is InChI=1S/C21H35NO/c1-4-7-9-14-20-22-19(17-18-12-10-8-11-13-18)21(23-20,15-5-2)16-6-3/h8,10-13,19-20,22H,4-7,9,14-17H2,1-3H3/t19-,20-/m0/s1. The zero-order chi connectivity index (χ0) is 16.5. The lowest BCUT2D eigenvalue weighted by Crippen LogP contribution is -2.45. The van der Waals surface area contributed by atoms with Crippen LogP contribution in [0, 0.1) is 0 Å². The number of hydrogen-bond donors (Lipinski definition) is 1. The Morgan fingerprint density at radius 2 is 1.65 bits per heavy atom. The molecule has 0 aromatic heterocycles. The van der Waals surface area contributed by atoms with Crippen molar-refractivity contribution in [3.8, 4) is 0 Å². The van der Waals surface area contributed by atoms with E-state index in [2.05, 4.69) is 56.4 Å². The molecule has 0 radical (unpaired) electrons. The highest BCUT2D eigenvalue weighted by molar-refractivity contribution is 5.18. The first kappa shape index (κ1) is 18.5. The summed E-state index contributed by atoms with van der Waals surface area (Å²) in [6, 6.07) is 11.3. The number of hydrogen-bond acceptors (Lipinski definition) is 2. The van der Waals surface area contributed by atoms with Crippen molar-refractivity contribution in [1.29, 1.82) is 0 Å². The van der Waals surface area contributed by atoms with Gasteiger partial charge in [-0.2, -0.15) is 0 Å². The fraction of sp³-hybridized carbons (Fsp3) is 0.714. The van der Waals surface area contributed by atoms with Gasteiger partial charge in [0.1, 0.15) is 6.23 Å². The Hall–Kier alpha value is -0.860. The molecule has 130 valence electrons. The van der Waals surface area contributed by atoms with Crippen molar-refractivity contribution in [2.24, 2.45) is 0 Å². The topological polar surface area (TPSA) is 21.3 Å². The van der Waals surface area contributed by atoms with Crippen molar-refractivity contribution in [2.75, 3.05) is 0 Å². The number of nitrogens with one attached hydrogen (secondary N) is 1. The Bertz CT molecular complexity index is 425. The summed E-state index contributed by atoms with van der Waals surface area (Å²) in [5, 5.41) is 3.84. The minimum atomic E-state index is 0.0240. The van der Waals surface area contributed by atoms with Crippen LogP contribution in [0.25, 0.3) is 0 Å². The van der Waals surface area contributed by atoms with Gasteiger partial charge >= 0.3 is 0 Å². The average molecular weight is 318 g/mol. The van der Waals surface area contributed by atoms with Gasteiger partial charge in [-0.15, -0.1) is 0 Å².